The summed E-state index contributed by atoms with van der Waals surface area (Å²) in [4.78, 5) is 0. The number of hydrogen-bond donors (Lipinski definition) is 0. The van der Waals surface area contributed by atoms with Crippen molar-refractivity contribution in [1.82, 2.24) is 18.3 Å². The molecule has 2 saturated carbocycles. The Balaban J connectivity index is 0.000000280. The first kappa shape index (κ1) is 37.4. The summed E-state index contributed by atoms with van der Waals surface area (Å²) in [5.41, 5.74) is 0. The largest absolute Gasteiger partial charge is 0.762 e. The quantitative estimate of drug-likeness (QED) is 0.0937. The van der Waals surface area contributed by atoms with Gasteiger partial charge in [-0.05, 0) is 63.0 Å². The molecule has 2 aromatic heterocycles. The van der Waals surface area contributed by atoms with Crippen LogP contribution in [-0.4, -0.2) is 18.3 Å². The molecule has 2 fully saturated rings. The van der Waals surface area contributed by atoms with Gasteiger partial charge >= 0.3 is 0 Å². The zero-order valence-corrected chi connectivity index (χ0v) is 30.7. The Bertz CT molecular complexity index is 1070. The maximum Gasteiger partial charge on any atom is 0.177 e. The van der Waals surface area contributed by atoms with Crippen LogP contribution in [0.4, 0.5) is 0 Å². The van der Waals surface area contributed by atoms with Crippen LogP contribution in [0.1, 0.15) is 142 Å². The standard InChI is InChI=1S/2C15H26N2S3.Ni/c2*1-2-3-4-8-11-16-13(18)14(19)17(15(16)20)12-9-6-5-7-10-12;/h2*12,18-19H,2-11H2,1H3;/p-4. The predicted molar refractivity (Wildman–Crippen MR) is 182 cm³/mol. The Labute approximate surface area is 291 Å². The summed E-state index contributed by atoms with van der Waals surface area (Å²) in [5.74, 6) is 0. The third kappa shape index (κ3) is 10.1. The van der Waals surface area contributed by atoms with E-state index in [-0.39, 0.29) is 16.5 Å². The zero-order chi connectivity index (χ0) is 29.1. The Kier molecular flexibility index (Phi) is 17.9. The van der Waals surface area contributed by atoms with E-state index in [2.05, 4.69) is 32.1 Å². The SMILES string of the molecule is CCCCCCn1c([S-])c([S-])n(C2CCCCC2)c1=S.CCCCCCn1c([S-])c([S-])n(C2CCCCC2)c1=S.[Ni]. The molecule has 4 nitrogen and oxygen atoms in total. The van der Waals surface area contributed by atoms with Crippen molar-refractivity contribution in [3.05, 3.63) is 9.54 Å². The van der Waals surface area contributed by atoms with E-state index in [1.807, 2.05) is 0 Å². The van der Waals surface area contributed by atoms with Gasteiger partial charge in [0.2, 0.25) is 0 Å². The van der Waals surface area contributed by atoms with Gasteiger partial charge < -0.3 is 68.8 Å². The Morgan fingerprint density at radius 1 is 0.537 bits per heavy atom. The monoisotopic (exact) mass is 714 g/mol. The average molecular weight is 716 g/mol. The van der Waals surface area contributed by atoms with Crippen molar-refractivity contribution in [2.75, 3.05) is 0 Å². The molecule has 238 valence electrons. The molecule has 0 bridgehead atoms. The van der Waals surface area contributed by atoms with Crippen molar-refractivity contribution >= 4 is 75.0 Å². The van der Waals surface area contributed by atoms with E-state index < -0.39 is 0 Å². The van der Waals surface area contributed by atoms with Crippen LogP contribution in [0.3, 0.4) is 0 Å². The van der Waals surface area contributed by atoms with Gasteiger partial charge in [0, 0.05) is 41.7 Å². The fourth-order valence-corrected chi connectivity index (χ4v) is 8.48. The van der Waals surface area contributed by atoms with Gasteiger partial charge in [0.15, 0.2) is 9.54 Å². The van der Waals surface area contributed by atoms with Crippen molar-refractivity contribution in [2.45, 2.75) is 175 Å². The number of nitrogens with zero attached hydrogens (tertiary/aromatic N) is 4. The molecule has 0 radical (unpaired) electrons. The summed E-state index contributed by atoms with van der Waals surface area (Å²) < 4.78 is 10.3. The summed E-state index contributed by atoms with van der Waals surface area (Å²) in [7, 11) is 0. The van der Waals surface area contributed by atoms with Crippen LogP contribution in [0.15, 0.2) is 20.1 Å². The van der Waals surface area contributed by atoms with Crippen LogP contribution in [0, 0.1) is 9.54 Å². The van der Waals surface area contributed by atoms with Crippen LogP contribution < -0.4 is 0 Å². The van der Waals surface area contributed by atoms with Crippen LogP contribution in [0.5, 0.6) is 0 Å². The smallest absolute Gasteiger partial charge is 0.177 e. The van der Waals surface area contributed by atoms with E-state index in [4.69, 9.17) is 75.0 Å². The molecule has 0 amide bonds. The normalized spacial score (nSPS) is 16.2. The molecule has 2 aliphatic carbocycles. The van der Waals surface area contributed by atoms with Crippen molar-refractivity contribution in [1.29, 1.82) is 0 Å². The molecular weight excluding hydrogens is 667 g/mol. The van der Waals surface area contributed by atoms with Crippen LogP contribution >= 0.6 is 24.4 Å². The van der Waals surface area contributed by atoms with Gasteiger partial charge in [-0.3, -0.25) is 0 Å². The van der Waals surface area contributed by atoms with E-state index in [0.29, 0.717) is 12.1 Å². The molecule has 0 spiro atoms. The van der Waals surface area contributed by atoms with Crippen LogP contribution in [0.2, 0.25) is 0 Å². The molecule has 0 atom stereocenters. The molecule has 11 heteroatoms. The summed E-state index contributed by atoms with van der Waals surface area (Å²) in [6, 6.07) is 0.977. The fourth-order valence-electron chi connectivity index (χ4n) is 6.15. The first-order valence-corrected chi connectivity index (χ1v) is 18.2. The number of imidazole rings is 2. The number of aromatic nitrogens is 4. The Morgan fingerprint density at radius 2 is 0.878 bits per heavy atom. The van der Waals surface area contributed by atoms with Crippen molar-refractivity contribution in [3.63, 3.8) is 0 Å². The maximum absolute atomic E-state index is 5.65. The number of hydrogen-bond acceptors (Lipinski definition) is 6. The van der Waals surface area contributed by atoms with Crippen molar-refractivity contribution in [2.24, 2.45) is 0 Å². The van der Waals surface area contributed by atoms with E-state index in [9.17, 15) is 0 Å². The second-order valence-electron chi connectivity index (χ2n) is 11.5. The van der Waals surface area contributed by atoms with Crippen LogP contribution in [0.25, 0.3) is 0 Å². The minimum absolute atomic E-state index is 0. The van der Waals surface area contributed by atoms with E-state index >= 15 is 0 Å². The van der Waals surface area contributed by atoms with E-state index in [0.717, 1.165) is 55.6 Å². The summed E-state index contributed by atoms with van der Waals surface area (Å²) in [6.07, 6.45) is 22.5. The molecule has 0 unspecified atom stereocenters. The molecule has 41 heavy (non-hydrogen) atoms. The van der Waals surface area contributed by atoms with Gasteiger partial charge in [-0.1, -0.05) is 90.9 Å². The third-order valence-electron chi connectivity index (χ3n) is 8.52. The molecule has 4 rings (SSSR count). The summed E-state index contributed by atoms with van der Waals surface area (Å²) in [6.45, 7) is 6.32. The topological polar surface area (TPSA) is 19.7 Å². The zero-order valence-electron chi connectivity index (χ0n) is 24.9. The molecule has 0 aliphatic heterocycles. The molecule has 0 N–H and O–H groups in total. The molecule has 0 saturated heterocycles. The molecule has 2 heterocycles. The van der Waals surface area contributed by atoms with Gasteiger partial charge in [-0.25, -0.2) is 0 Å². The average Bonchev–Trinajstić information content (AvgIpc) is 3.32. The summed E-state index contributed by atoms with van der Waals surface area (Å²) in [5, 5.41) is 3.17. The van der Waals surface area contributed by atoms with Crippen molar-refractivity contribution < 1.29 is 16.5 Å². The van der Waals surface area contributed by atoms with Gasteiger partial charge in [0.1, 0.15) is 0 Å². The van der Waals surface area contributed by atoms with Gasteiger partial charge in [-0.15, -0.1) is 20.1 Å². The predicted octanol–water partition coefficient (Wildman–Crippen LogP) is 9.83. The first-order valence-electron chi connectivity index (χ1n) is 15.7. The number of unbranched alkanes of at least 4 members (excludes halogenated alkanes) is 6. The molecular formula is C30H48N4NiS6-4. The minimum Gasteiger partial charge on any atom is -0.762 e. The molecule has 2 aliphatic rings. The second-order valence-corrected chi connectivity index (χ2v) is 13.8. The second kappa shape index (κ2) is 19.6. The number of rotatable bonds is 12. The molecule has 0 aromatic carbocycles. The summed E-state index contributed by atoms with van der Waals surface area (Å²) >= 11 is 33.5. The molecule has 2 aromatic rings. The van der Waals surface area contributed by atoms with Crippen molar-refractivity contribution in [3.8, 4) is 0 Å². The third-order valence-corrected chi connectivity index (χ3v) is 11.2. The minimum atomic E-state index is 0. The van der Waals surface area contributed by atoms with Gasteiger partial charge in [0.05, 0.1) is 0 Å². The van der Waals surface area contributed by atoms with Gasteiger partial charge in [0.25, 0.3) is 0 Å². The Morgan fingerprint density at radius 3 is 1.20 bits per heavy atom. The van der Waals surface area contributed by atoms with Crippen LogP contribution in [-0.2, 0) is 80.1 Å². The maximum atomic E-state index is 5.65. The first-order chi connectivity index (χ1) is 19.3. The van der Waals surface area contributed by atoms with E-state index in [1.165, 1.54) is 103 Å². The fraction of sp³-hybridized carbons (Fsp3) is 0.800. The Hall–Kier alpha value is 0.234. The van der Waals surface area contributed by atoms with E-state index in [1.54, 1.807) is 0 Å². The van der Waals surface area contributed by atoms with Gasteiger partial charge in [-0.2, -0.15) is 0 Å².